The number of hydrogen-bond donors (Lipinski definition) is 2. The van der Waals surface area contributed by atoms with Gasteiger partial charge in [0.25, 0.3) is 0 Å². The molecule has 3 rings (SSSR count). The number of anilines is 1. The van der Waals surface area contributed by atoms with Gasteiger partial charge in [0.2, 0.25) is 0 Å². The number of nitrogens with one attached hydrogen (secondary N) is 1. The molecule has 3 nitrogen and oxygen atoms in total. The molecule has 2 aromatic carbocycles. The van der Waals surface area contributed by atoms with Crippen LogP contribution < -0.4 is 5.73 Å². The fourth-order valence-electron chi connectivity index (χ4n) is 2.37. The van der Waals surface area contributed by atoms with E-state index in [2.05, 4.69) is 39.1 Å². The molecule has 0 unspecified atom stereocenters. The molecule has 106 valence electrons. The minimum absolute atomic E-state index is 0.471. The molecule has 0 saturated heterocycles. The molecule has 3 aromatic rings. The Balaban J connectivity index is 2.25. The van der Waals surface area contributed by atoms with Crippen LogP contribution in [0.3, 0.4) is 0 Å². The SMILES string of the molecule is Cc1ccccc1-c1c(N)n[nH]c1-c1ccc(Br)cc1Cl. The van der Waals surface area contributed by atoms with Crippen molar-refractivity contribution >= 4 is 33.3 Å². The number of H-pyrrole nitrogens is 1. The van der Waals surface area contributed by atoms with Crippen LogP contribution in [0.1, 0.15) is 5.56 Å². The molecule has 0 saturated carbocycles. The van der Waals surface area contributed by atoms with E-state index in [9.17, 15) is 0 Å². The largest absolute Gasteiger partial charge is 0.382 e. The first kappa shape index (κ1) is 14.2. The Hall–Kier alpha value is -1.78. The highest BCUT2D eigenvalue weighted by Gasteiger charge is 2.18. The Kier molecular flexibility index (Phi) is 3.74. The van der Waals surface area contributed by atoms with E-state index in [0.29, 0.717) is 10.8 Å². The fourth-order valence-corrected chi connectivity index (χ4v) is 3.14. The van der Waals surface area contributed by atoms with Crippen molar-refractivity contribution in [3.63, 3.8) is 0 Å². The average Bonchev–Trinajstić information content (AvgIpc) is 2.81. The molecule has 21 heavy (non-hydrogen) atoms. The van der Waals surface area contributed by atoms with E-state index < -0.39 is 0 Å². The molecule has 0 spiro atoms. The number of benzene rings is 2. The number of rotatable bonds is 2. The lowest BCUT2D eigenvalue weighted by atomic mass is 9.97. The minimum atomic E-state index is 0.471. The van der Waals surface area contributed by atoms with Gasteiger partial charge in [-0.15, -0.1) is 0 Å². The van der Waals surface area contributed by atoms with Crippen LogP contribution in [-0.2, 0) is 0 Å². The molecular formula is C16H13BrClN3. The van der Waals surface area contributed by atoms with Gasteiger partial charge in [-0.1, -0.05) is 57.9 Å². The van der Waals surface area contributed by atoms with Crippen LogP contribution >= 0.6 is 27.5 Å². The topological polar surface area (TPSA) is 54.7 Å². The maximum atomic E-state index is 6.35. The summed E-state index contributed by atoms with van der Waals surface area (Å²) in [6.07, 6.45) is 0. The summed E-state index contributed by atoms with van der Waals surface area (Å²) in [5.41, 5.74) is 10.9. The Morgan fingerprint density at radius 1 is 1.14 bits per heavy atom. The third-order valence-electron chi connectivity index (χ3n) is 3.41. The monoisotopic (exact) mass is 361 g/mol. The van der Waals surface area contributed by atoms with Gasteiger partial charge in [-0.25, -0.2) is 0 Å². The summed E-state index contributed by atoms with van der Waals surface area (Å²) in [5.74, 6) is 0.471. The van der Waals surface area contributed by atoms with Gasteiger partial charge in [-0.2, -0.15) is 5.10 Å². The van der Waals surface area contributed by atoms with Gasteiger partial charge in [0.15, 0.2) is 5.82 Å². The normalized spacial score (nSPS) is 10.8. The van der Waals surface area contributed by atoms with Crippen LogP contribution in [0.15, 0.2) is 46.9 Å². The predicted molar refractivity (Wildman–Crippen MR) is 91.3 cm³/mol. The zero-order valence-corrected chi connectivity index (χ0v) is 13.7. The van der Waals surface area contributed by atoms with E-state index in [1.165, 1.54) is 0 Å². The van der Waals surface area contributed by atoms with Gasteiger partial charge >= 0.3 is 0 Å². The van der Waals surface area contributed by atoms with Gasteiger partial charge in [-0.3, -0.25) is 5.10 Å². The van der Waals surface area contributed by atoms with E-state index in [4.69, 9.17) is 17.3 Å². The number of halogens is 2. The van der Waals surface area contributed by atoms with E-state index in [-0.39, 0.29) is 0 Å². The van der Waals surface area contributed by atoms with Gasteiger partial charge < -0.3 is 5.73 Å². The highest BCUT2D eigenvalue weighted by atomic mass is 79.9. The zero-order chi connectivity index (χ0) is 15.0. The molecule has 0 aliphatic rings. The van der Waals surface area contributed by atoms with E-state index in [1.54, 1.807) is 0 Å². The number of aryl methyl sites for hydroxylation is 1. The van der Waals surface area contributed by atoms with Crippen molar-refractivity contribution in [3.8, 4) is 22.4 Å². The van der Waals surface area contributed by atoms with E-state index >= 15 is 0 Å². The van der Waals surface area contributed by atoms with Gasteiger partial charge in [0.05, 0.1) is 16.3 Å². The fraction of sp³-hybridized carbons (Fsp3) is 0.0625. The maximum Gasteiger partial charge on any atom is 0.153 e. The molecular weight excluding hydrogens is 350 g/mol. The van der Waals surface area contributed by atoms with Crippen molar-refractivity contribution in [2.24, 2.45) is 0 Å². The lowest BCUT2D eigenvalue weighted by Gasteiger charge is -2.09. The van der Waals surface area contributed by atoms with E-state index in [1.807, 2.05) is 36.4 Å². The van der Waals surface area contributed by atoms with Gasteiger partial charge in [0.1, 0.15) is 0 Å². The van der Waals surface area contributed by atoms with Crippen LogP contribution in [0.25, 0.3) is 22.4 Å². The van der Waals surface area contributed by atoms with Crippen LogP contribution in [0.4, 0.5) is 5.82 Å². The van der Waals surface area contributed by atoms with Gasteiger partial charge in [-0.05, 0) is 30.2 Å². The quantitative estimate of drug-likeness (QED) is 0.670. The van der Waals surface area contributed by atoms with Crippen molar-refractivity contribution in [1.82, 2.24) is 10.2 Å². The molecule has 0 aliphatic heterocycles. The Bertz CT molecular complexity index is 811. The Labute approximate surface area is 136 Å². The lowest BCUT2D eigenvalue weighted by molar-refractivity contribution is 1.10. The second-order valence-electron chi connectivity index (χ2n) is 4.80. The molecule has 3 N–H and O–H groups in total. The van der Waals surface area contributed by atoms with E-state index in [0.717, 1.165) is 32.4 Å². The van der Waals surface area contributed by atoms with Crippen LogP contribution in [0, 0.1) is 6.92 Å². The number of aromatic nitrogens is 2. The summed E-state index contributed by atoms with van der Waals surface area (Å²) >= 11 is 9.77. The Morgan fingerprint density at radius 3 is 2.62 bits per heavy atom. The summed E-state index contributed by atoms with van der Waals surface area (Å²) < 4.78 is 0.932. The summed E-state index contributed by atoms with van der Waals surface area (Å²) in [6, 6.07) is 13.8. The maximum absolute atomic E-state index is 6.35. The van der Waals surface area contributed by atoms with Crippen molar-refractivity contribution in [2.45, 2.75) is 6.92 Å². The molecule has 0 atom stereocenters. The predicted octanol–water partition coefficient (Wildman–Crippen LogP) is 5.05. The highest BCUT2D eigenvalue weighted by molar-refractivity contribution is 9.10. The van der Waals surface area contributed by atoms with Crippen LogP contribution in [0.2, 0.25) is 5.02 Å². The molecule has 0 fully saturated rings. The number of nitrogens with zero attached hydrogens (tertiary/aromatic N) is 1. The first-order valence-corrected chi connectivity index (χ1v) is 7.60. The summed E-state index contributed by atoms with van der Waals surface area (Å²) in [5, 5.41) is 7.80. The third kappa shape index (κ3) is 2.57. The zero-order valence-electron chi connectivity index (χ0n) is 11.3. The van der Waals surface area contributed by atoms with Crippen LogP contribution in [-0.4, -0.2) is 10.2 Å². The smallest absolute Gasteiger partial charge is 0.153 e. The molecule has 1 heterocycles. The summed E-state index contributed by atoms with van der Waals surface area (Å²) in [4.78, 5) is 0. The van der Waals surface area contributed by atoms with Gasteiger partial charge in [0, 0.05) is 10.0 Å². The number of hydrogen-bond acceptors (Lipinski definition) is 2. The standard InChI is InChI=1S/C16H13BrClN3/c1-9-4-2-3-5-11(9)14-15(20-21-16(14)19)12-7-6-10(17)8-13(12)18/h2-8H,1H3,(H3,19,20,21). The number of aromatic amines is 1. The van der Waals surface area contributed by atoms with Crippen molar-refractivity contribution in [2.75, 3.05) is 5.73 Å². The average molecular weight is 363 g/mol. The molecule has 0 aliphatic carbocycles. The van der Waals surface area contributed by atoms with Crippen molar-refractivity contribution in [3.05, 3.63) is 57.5 Å². The highest BCUT2D eigenvalue weighted by Crippen LogP contribution is 2.39. The van der Waals surface area contributed by atoms with Crippen molar-refractivity contribution in [1.29, 1.82) is 0 Å². The molecule has 0 radical (unpaired) electrons. The van der Waals surface area contributed by atoms with Crippen molar-refractivity contribution < 1.29 is 0 Å². The molecule has 0 bridgehead atoms. The first-order valence-electron chi connectivity index (χ1n) is 6.43. The summed E-state index contributed by atoms with van der Waals surface area (Å²) in [7, 11) is 0. The number of nitrogens with two attached hydrogens (primary N) is 1. The lowest BCUT2D eigenvalue weighted by Crippen LogP contribution is -1.91. The second kappa shape index (κ2) is 5.54. The second-order valence-corrected chi connectivity index (χ2v) is 6.12. The first-order chi connectivity index (χ1) is 10.1. The molecule has 5 heteroatoms. The third-order valence-corrected chi connectivity index (χ3v) is 4.22. The van der Waals surface area contributed by atoms with Crippen LogP contribution in [0.5, 0.6) is 0 Å². The summed E-state index contributed by atoms with van der Waals surface area (Å²) in [6.45, 7) is 2.05. The number of nitrogen functional groups attached to an aromatic ring is 1. The molecule has 1 aromatic heterocycles. The molecule has 0 amide bonds. The Morgan fingerprint density at radius 2 is 1.90 bits per heavy atom. The minimum Gasteiger partial charge on any atom is -0.382 e.